The lowest BCUT2D eigenvalue weighted by Gasteiger charge is -2.28. The van der Waals surface area contributed by atoms with Gasteiger partial charge in [0.15, 0.2) is 0 Å². The molecule has 0 unspecified atom stereocenters. The number of nitrogens with zero attached hydrogens (tertiary/aromatic N) is 4. The van der Waals surface area contributed by atoms with E-state index in [2.05, 4.69) is 33.0 Å². The maximum Gasteiger partial charge on any atom is 0.324 e. The van der Waals surface area contributed by atoms with E-state index in [0.29, 0.717) is 12.5 Å². The highest BCUT2D eigenvalue weighted by Gasteiger charge is 2.27. The van der Waals surface area contributed by atoms with Gasteiger partial charge in [0.2, 0.25) is 5.91 Å². The minimum Gasteiger partial charge on any atom is -0.335 e. The smallest absolute Gasteiger partial charge is 0.324 e. The van der Waals surface area contributed by atoms with Crippen LogP contribution in [0.5, 0.6) is 0 Å². The molecule has 1 aromatic rings. The lowest BCUT2D eigenvalue weighted by atomic mass is 9.99. The number of imide groups is 1. The summed E-state index contributed by atoms with van der Waals surface area (Å²) in [4.78, 5) is 30.9. The van der Waals surface area contributed by atoms with Crippen LogP contribution in [0.3, 0.4) is 0 Å². The zero-order valence-electron chi connectivity index (χ0n) is 13.0. The Hall–Kier alpha value is -1.89. The van der Waals surface area contributed by atoms with Crippen molar-refractivity contribution in [1.29, 1.82) is 0 Å². The molecule has 1 aromatic heterocycles. The summed E-state index contributed by atoms with van der Waals surface area (Å²) >= 11 is 0. The molecule has 2 aliphatic rings. The van der Waals surface area contributed by atoms with E-state index in [1.54, 1.807) is 0 Å². The van der Waals surface area contributed by atoms with Crippen molar-refractivity contribution in [3.05, 3.63) is 18.2 Å². The molecule has 3 amide bonds. The molecule has 120 valence electrons. The largest absolute Gasteiger partial charge is 0.335 e. The van der Waals surface area contributed by atoms with Crippen LogP contribution in [-0.4, -0.2) is 64.5 Å². The van der Waals surface area contributed by atoms with Crippen molar-refractivity contribution in [3.63, 3.8) is 0 Å². The Bertz CT molecular complexity index is 540. The molecule has 3 rings (SSSR count). The Morgan fingerprint density at radius 3 is 3.09 bits per heavy atom. The van der Waals surface area contributed by atoms with E-state index in [-0.39, 0.29) is 18.5 Å². The van der Waals surface area contributed by atoms with E-state index >= 15 is 0 Å². The molecule has 7 nitrogen and oxygen atoms in total. The van der Waals surface area contributed by atoms with Gasteiger partial charge in [-0.3, -0.25) is 9.69 Å². The molecular weight excluding hydrogens is 282 g/mol. The maximum atomic E-state index is 11.5. The van der Waals surface area contributed by atoms with Gasteiger partial charge in [-0.2, -0.15) is 0 Å². The van der Waals surface area contributed by atoms with Gasteiger partial charge in [0.1, 0.15) is 5.82 Å². The van der Waals surface area contributed by atoms with Crippen molar-refractivity contribution in [2.24, 2.45) is 5.92 Å². The van der Waals surface area contributed by atoms with Gasteiger partial charge in [0, 0.05) is 38.4 Å². The average Bonchev–Trinajstić information content (AvgIpc) is 3.07. The van der Waals surface area contributed by atoms with Crippen LogP contribution in [0.2, 0.25) is 0 Å². The minimum atomic E-state index is -0.257. The number of fused-ring (bicyclic) bond motifs is 1. The molecule has 2 aliphatic heterocycles. The highest BCUT2D eigenvalue weighted by molar-refractivity contribution is 6.01. The summed E-state index contributed by atoms with van der Waals surface area (Å²) in [5, 5.41) is 2.55. The molecule has 7 heteroatoms. The zero-order valence-corrected chi connectivity index (χ0v) is 13.0. The van der Waals surface area contributed by atoms with Crippen LogP contribution in [0.4, 0.5) is 4.79 Å². The summed E-state index contributed by atoms with van der Waals surface area (Å²) in [7, 11) is 2.11. The quantitative estimate of drug-likeness (QED) is 0.768. The van der Waals surface area contributed by atoms with E-state index in [1.165, 1.54) is 17.1 Å². The van der Waals surface area contributed by atoms with Gasteiger partial charge in [0.25, 0.3) is 0 Å². The van der Waals surface area contributed by atoms with Crippen LogP contribution in [0.15, 0.2) is 12.4 Å². The molecule has 1 atom stereocenters. The van der Waals surface area contributed by atoms with Crippen LogP contribution >= 0.6 is 0 Å². The summed E-state index contributed by atoms with van der Waals surface area (Å²) in [5.41, 5.74) is 0. The predicted octanol–water partition coefficient (Wildman–Crippen LogP) is 0.319. The highest BCUT2D eigenvalue weighted by Crippen LogP contribution is 2.19. The Morgan fingerprint density at radius 2 is 2.32 bits per heavy atom. The molecule has 22 heavy (non-hydrogen) atoms. The number of hydrogen-bond acceptors (Lipinski definition) is 4. The maximum absolute atomic E-state index is 11.5. The van der Waals surface area contributed by atoms with Gasteiger partial charge in [-0.1, -0.05) is 0 Å². The second kappa shape index (κ2) is 6.48. The molecule has 0 bridgehead atoms. The van der Waals surface area contributed by atoms with E-state index in [9.17, 15) is 9.59 Å². The number of carbonyl (C=O) groups is 2. The Labute approximate surface area is 130 Å². The SMILES string of the molecule is CN(CCCN1C(=O)CNC1=O)C[C@H]1CCc2nccn2C1. The first-order valence-electron chi connectivity index (χ1n) is 7.90. The number of amides is 3. The number of nitrogens with one attached hydrogen (secondary N) is 1. The first-order valence-corrected chi connectivity index (χ1v) is 7.90. The fourth-order valence-electron chi connectivity index (χ4n) is 3.30. The average molecular weight is 305 g/mol. The lowest BCUT2D eigenvalue weighted by Crippen LogP contribution is -2.35. The number of aryl methyl sites for hydroxylation is 1. The van der Waals surface area contributed by atoms with E-state index < -0.39 is 0 Å². The van der Waals surface area contributed by atoms with Crippen LogP contribution in [0, 0.1) is 5.92 Å². The number of aromatic nitrogens is 2. The normalized spacial score (nSPS) is 21.4. The second-order valence-electron chi connectivity index (χ2n) is 6.22. The summed E-state index contributed by atoms with van der Waals surface area (Å²) in [6.07, 6.45) is 6.97. The van der Waals surface area contributed by atoms with Gasteiger partial charge in [-0.25, -0.2) is 9.78 Å². The number of carbonyl (C=O) groups excluding carboxylic acids is 2. The molecule has 1 fully saturated rings. The van der Waals surface area contributed by atoms with Crippen molar-refractivity contribution >= 4 is 11.9 Å². The number of imidazole rings is 1. The van der Waals surface area contributed by atoms with Crippen molar-refractivity contribution < 1.29 is 9.59 Å². The molecule has 0 saturated carbocycles. The lowest BCUT2D eigenvalue weighted by molar-refractivity contribution is -0.125. The van der Waals surface area contributed by atoms with Gasteiger partial charge in [-0.15, -0.1) is 0 Å². The standard InChI is InChI=1S/C15H23N5O2/c1-18(6-2-7-20-14(21)9-17-15(20)22)10-12-3-4-13-16-5-8-19(13)11-12/h5,8,12H,2-4,6-7,9-11H2,1H3,(H,17,22)/t12-/m1/s1. The minimum absolute atomic E-state index is 0.118. The monoisotopic (exact) mass is 305 g/mol. The van der Waals surface area contributed by atoms with Crippen LogP contribution < -0.4 is 5.32 Å². The van der Waals surface area contributed by atoms with Crippen molar-refractivity contribution in [3.8, 4) is 0 Å². The van der Waals surface area contributed by atoms with Crippen LogP contribution in [0.25, 0.3) is 0 Å². The van der Waals surface area contributed by atoms with E-state index in [1.807, 2.05) is 6.20 Å². The van der Waals surface area contributed by atoms with Crippen molar-refractivity contribution in [2.45, 2.75) is 25.8 Å². The van der Waals surface area contributed by atoms with Gasteiger partial charge >= 0.3 is 6.03 Å². The first-order chi connectivity index (χ1) is 10.6. The topological polar surface area (TPSA) is 70.5 Å². The second-order valence-corrected chi connectivity index (χ2v) is 6.22. The molecular formula is C15H23N5O2. The van der Waals surface area contributed by atoms with Crippen molar-refractivity contribution in [1.82, 2.24) is 24.7 Å². The van der Waals surface area contributed by atoms with E-state index in [4.69, 9.17) is 0 Å². The molecule has 3 heterocycles. The Balaban J connectivity index is 1.39. The highest BCUT2D eigenvalue weighted by atomic mass is 16.2. The zero-order chi connectivity index (χ0) is 15.5. The molecule has 1 saturated heterocycles. The third kappa shape index (κ3) is 3.30. The van der Waals surface area contributed by atoms with Gasteiger partial charge < -0.3 is 14.8 Å². The molecule has 0 aliphatic carbocycles. The Kier molecular flexibility index (Phi) is 4.42. The summed E-state index contributed by atoms with van der Waals surface area (Å²) in [5.74, 6) is 1.72. The van der Waals surface area contributed by atoms with Gasteiger partial charge in [-0.05, 0) is 32.4 Å². The molecule has 1 N–H and O–H groups in total. The summed E-state index contributed by atoms with van der Waals surface area (Å²) in [6, 6.07) is -0.257. The third-order valence-corrected chi connectivity index (χ3v) is 4.46. The molecule has 0 aromatic carbocycles. The summed E-state index contributed by atoms with van der Waals surface area (Å²) in [6.45, 7) is 3.62. The van der Waals surface area contributed by atoms with Crippen LogP contribution in [-0.2, 0) is 17.8 Å². The summed E-state index contributed by atoms with van der Waals surface area (Å²) < 4.78 is 2.25. The van der Waals surface area contributed by atoms with E-state index in [0.717, 1.165) is 32.5 Å². The fraction of sp³-hybridized carbons (Fsp3) is 0.667. The predicted molar refractivity (Wildman–Crippen MR) is 81.3 cm³/mol. The molecule has 0 spiro atoms. The Morgan fingerprint density at radius 1 is 1.45 bits per heavy atom. The van der Waals surface area contributed by atoms with Crippen LogP contribution in [0.1, 0.15) is 18.7 Å². The van der Waals surface area contributed by atoms with Crippen molar-refractivity contribution in [2.75, 3.05) is 33.2 Å². The third-order valence-electron chi connectivity index (χ3n) is 4.46. The number of hydrogen-bond donors (Lipinski definition) is 1. The van der Waals surface area contributed by atoms with Gasteiger partial charge in [0.05, 0.1) is 6.54 Å². The number of rotatable bonds is 6. The first kappa shape index (κ1) is 15.0. The number of urea groups is 1. The fourth-order valence-corrected chi connectivity index (χ4v) is 3.30. The molecule has 0 radical (unpaired) electrons.